The molecular weight excluding hydrogens is 282 g/mol. The topological polar surface area (TPSA) is 30.2 Å². The van der Waals surface area contributed by atoms with E-state index in [-0.39, 0.29) is 0 Å². The van der Waals surface area contributed by atoms with Gasteiger partial charge in [-0.3, -0.25) is 4.98 Å². The molecule has 0 saturated carbocycles. The van der Waals surface area contributed by atoms with E-state index in [9.17, 15) is 0 Å². The zero-order chi connectivity index (χ0) is 15.8. The van der Waals surface area contributed by atoms with Crippen molar-refractivity contribution in [3.05, 3.63) is 78.4 Å². The van der Waals surface area contributed by atoms with Crippen molar-refractivity contribution >= 4 is 5.65 Å². The highest BCUT2D eigenvalue weighted by atomic mass is 15.0. The Kier molecular flexibility index (Phi) is 3.19. The van der Waals surface area contributed by atoms with Crippen molar-refractivity contribution in [1.29, 1.82) is 0 Å². The van der Waals surface area contributed by atoms with Gasteiger partial charge in [-0.15, -0.1) is 0 Å². The van der Waals surface area contributed by atoms with Gasteiger partial charge < -0.3 is 4.40 Å². The summed E-state index contributed by atoms with van der Waals surface area (Å²) in [5, 5.41) is 0. The summed E-state index contributed by atoms with van der Waals surface area (Å²) in [5.41, 5.74) is 7.64. The zero-order valence-electron chi connectivity index (χ0n) is 13.2. The molecule has 0 N–H and O–H groups in total. The first kappa shape index (κ1) is 13.7. The van der Waals surface area contributed by atoms with E-state index in [1.807, 2.05) is 25.4 Å². The maximum absolute atomic E-state index is 4.63. The number of hydrogen-bond acceptors (Lipinski definition) is 2. The fourth-order valence-electron chi connectivity index (χ4n) is 2.94. The molecule has 1 aromatic carbocycles. The minimum absolute atomic E-state index is 0.965. The van der Waals surface area contributed by atoms with Crippen LogP contribution in [0.4, 0.5) is 0 Å². The summed E-state index contributed by atoms with van der Waals surface area (Å²) in [6.07, 6.45) is 6.01. The van der Waals surface area contributed by atoms with Gasteiger partial charge in [-0.05, 0) is 38.1 Å². The number of pyridine rings is 2. The van der Waals surface area contributed by atoms with Gasteiger partial charge in [-0.2, -0.15) is 0 Å². The van der Waals surface area contributed by atoms with Crippen LogP contribution in [-0.2, 0) is 0 Å². The minimum Gasteiger partial charge on any atom is -0.306 e. The molecule has 0 saturated heterocycles. The van der Waals surface area contributed by atoms with E-state index in [1.54, 1.807) is 0 Å². The normalized spacial score (nSPS) is 11.0. The van der Waals surface area contributed by atoms with Gasteiger partial charge in [-0.25, -0.2) is 4.98 Å². The molecule has 3 aromatic heterocycles. The van der Waals surface area contributed by atoms with Crippen LogP contribution in [0.25, 0.3) is 28.0 Å². The van der Waals surface area contributed by atoms with Crippen molar-refractivity contribution in [3.63, 3.8) is 0 Å². The summed E-state index contributed by atoms with van der Waals surface area (Å²) in [4.78, 5) is 9.11. The first-order chi connectivity index (χ1) is 11.2. The molecule has 4 aromatic rings. The maximum atomic E-state index is 4.63. The van der Waals surface area contributed by atoms with E-state index in [0.717, 1.165) is 33.7 Å². The summed E-state index contributed by atoms with van der Waals surface area (Å²) < 4.78 is 2.07. The lowest BCUT2D eigenvalue weighted by Crippen LogP contribution is -1.91. The quantitative estimate of drug-likeness (QED) is 0.538. The average molecular weight is 299 g/mol. The number of aryl methyl sites for hydroxylation is 2. The predicted molar refractivity (Wildman–Crippen MR) is 93.3 cm³/mol. The first-order valence-electron chi connectivity index (χ1n) is 7.68. The highest BCUT2D eigenvalue weighted by Crippen LogP contribution is 2.30. The number of aromatic nitrogens is 3. The number of benzene rings is 1. The van der Waals surface area contributed by atoms with Gasteiger partial charge in [0.1, 0.15) is 5.65 Å². The van der Waals surface area contributed by atoms with E-state index in [1.165, 1.54) is 5.56 Å². The van der Waals surface area contributed by atoms with E-state index >= 15 is 0 Å². The third kappa shape index (κ3) is 2.50. The fraction of sp³-hybridized carbons (Fsp3) is 0.100. The molecule has 0 spiro atoms. The SMILES string of the molecule is Cc1cccc(-c2ncccc2-c2ccc3nc(C)cn3c2)c1. The lowest BCUT2D eigenvalue weighted by atomic mass is 9.99. The van der Waals surface area contributed by atoms with Crippen LogP contribution >= 0.6 is 0 Å². The van der Waals surface area contributed by atoms with E-state index in [2.05, 4.69) is 70.0 Å². The first-order valence-corrected chi connectivity index (χ1v) is 7.68. The van der Waals surface area contributed by atoms with Gasteiger partial charge in [0.05, 0.1) is 11.4 Å². The predicted octanol–water partition coefficient (Wildman–Crippen LogP) is 4.68. The summed E-state index contributed by atoms with van der Waals surface area (Å²) in [5.74, 6) is 0. The second-order valence-corrected chi connectivity index (χ2v) is 5.83. The average Bonchev–Trinajstić information content (AvgIpc) is 2.94. The molecule has 3 heterocycles. The van der Waals surface area contributed by atoms with Gasteiger partial charge in [0.2, 0.25) is 0 Å². The highest BCUT2D eigenvalue weighted by molar-refractivity contribution is 5.80. The van der Waals surface area contributed by atoms with Crippen LogP contribution in [0.5, 0.6) is 0 Å². The molecular formula is C20H17N3. The molecule has 0 aliphatic carbocycles. The lowest BCUT2D eigenvalue weighted by molar-refractivity contribution is 1.18. The third-order valence-electron chi connectivity index (χ3n) is 3.98. The molecule has 23 heavy (non-hydrogen) atoms. The Morgan fingerprint density at radius 1 is 0.870 bits per heavy atom. The molecule has 0 unspecified atom stereocenters. The van der Waals surface area contributed by atoms with Crippen LogP contribution in [0.2, 0.25) is 0 Å². The number of nitrogens with zero attached hydrogens (tertiary/aromatic N) is 3. The Bertz CT molecular complexity index is 999. The lowest BCUT2D eigenvalue weighted by Gasteiger charge is -2.10. The van der Waals surface area contributed by atoms with Crippen LogP contribution < -0.4 is 0 Å². The molecule has 3 nitrogen and oxygen atoms in total. The molecule has 0 amide bonds. The Morgan fingerprint density at radius 2 is 1.78 bits per heavy atom. The van der Waals surface area contributed by atoms with Gasteiger partial charge >= 0.3 is 0 Å². The second-order valence-electron chi connectivity index (χ2n) is 5.83. The zero-order valence-corrected chi connectivity index (χ0v) is 13.2. The number of imidazole rings is 1. The number of fused-ring (bicyclic) bond motifs is 1. The Balaban J connectivity index is 1.91. The molecule has 0 aliphatic heterocycles. The van der Waals surface area contributed by atoms with Crippen molar-refractivity contribution < 1.29 is 0 Å². The van der Waals surface area contributed by atoms with E-state index in [4.69, 9.17) is 0 Å². The van der Waals surface area contributed by atoms with Crippen molar-refractivity contribution in [2.75, 3.05) is 0 Å². The van der Waals surface area contributed by atoms with Crippen LogP contribution in [0.3, 0.4) is 0 Å². The molecule has 0 radical (unpaired) electrons. The summed E-state index contributed by atoms with van der Waals surface area (Å²) in [7, 11) is 0. The van der Waals surface area contributed by atoms with Crippen molar-refractivity contribution in [2.45, 2.75) is 13.8 Å². The molecule has 3 heteroatoms. The summed E-state index contributed by atoms with van der Waals surface area (Å²) in [6.45, 7) is 4.11. The van der Waals surface area contributed by atoms with E-state index in [0.29, 0.717) is 0 Å². The van der Waals surface area contributed by atoms with E-state index < -0.39 is 0 Å². The van der Waals surface area contributed by atoms with Crippen molar-refractivity contribution in [1.82, 2.24) is 14.4 Å². The Labute approximate surface area is 135 Å². The van der Waals surface area contributed by atoms with Crippen LogP contribution in [0, 0.1) is 13.8 Å². The summed E-state index contributed by atoms with van der Waals surface area (Å²) >= 11 is 0. The van der Waals surface area contributed by atoms with Crippen molar-refractivity contribution in [3.8, 4) is 22.4 Å². The Morgan fingerprint density at radius 3 is 2.65 bits per heavy atom. The van der Waals surface area contributed by atoms with Gasteiger partial charge in [0.25, 0.3) is 0 Å². The second kappa shape index (κ2) is 5.36. The molecule has 0 atom stereocenters. The largest absolute Gasteiger partial charge is 0.306 e. The Hall–Kier alpha value is -2.94. The molecule has 0 bridgehead atoms. The van der Waals surface area contributed by atoms with Crippen molar-refractivity contribution in [2.24, 2.45) is 0 Å². The summed E-state index contributed by atoms with van der Waals surface area (Å²) in [6, 6.07) is 16.7. The molecule has 0 aliphatic rings. The highest BCUT2D eigenvalue weighted by Gasteiger charge is 2.10. The standard InChI is InChI=1S/C20H17N3/c1-14-5-3-6-16(11-14)20-18(7-4-10-21-20)17-8-9-19-22-15(2)12-23(19)13-17/h3-13H,1-2H3. The maximum Gasteiger partial charge on any atom is 0.136 e. The van der Waals surface area contributed by atoms with Gasteiger partial charge in [-0.1, -0.05) is 29.8 Å². The minimum atomic E-state index is 0.965. The van der Waals surface area contributed by atoms with Crippen LogP contribution in [-0.4, -0.2) is 14.4 Å². The molecule has 0 fully saturated rings. The van der Waals surface area contributed by atoms with Gasteiger partial charge in [0, 0.05) is 35.3 Å². The third-order valence-corrected chi connectivity index (χ3v) is 3.98. The van der Waals surface area contributed by atoms with Crippen LogP contribution in [0.1, 0.15) is 11.3 Å². The number of rotatable bonds is 2. The number of hydrogen-bond donors (Lipinski definition) is 0. The monoisotopic (exact) mass is 299 g/mol. The smallest absolute Gasteiger partial charge is 0.136 e. The molecule has 112 valence electrons. The van der Waals surface area contributed by atoms with Crippen LogP contribution in [0.15, 0.2) is 67.1 Å². The molecule has 4 rings (SSSR count). The van der Waals surface area contributed by atoms with Gasteiger partial charge in [0.15, 0.2) is 0 Å². The fourth-order valence-corrected chi connectivity index (χ4v) is 2.94.